The van der Waals surface area contributed by atoms with Gasteiger partial charge in [-0.15, -0.1) is 23.7 Å². The first-order valence-corrected chi connectivity index (χ1v) is 6.55. The Hall–Kier alpha value is -0.160. The first kappa shape index (κ1) is 13.9. The second-order valence-corrected chi connectivity index (χ2v) is 5.12. The number of aromatic nitrogens is 1. The molecule has 1 N–H and O–H groups in total. The van der Waals surface area contributed by atoms with Gasteiger partial charge in [-0.1, -0.05) is 6.92 Å². The Morgan fingerprint density at radius 2 is 2.44 bits per heavy atom. The van der Waals surface area contributed by atoms with Gasteiger partial charge in [0.2, 0.25) is 0 Å². The molecule has 5 heteroatoms. The minimum absolute atomic E-state index is 0. The third-order valence-corrected chi connectivity index (χ3v) is 3.78. The molecule has 1 aromatic heterocycles. The van der Waals surface area contributed by atoms with Crippen LogP contribution in [-0.4, -0.2) is 35.6 Å². The SMILES string of the molecule is CCc1nc(CN2CCN[C@H](C)C2)cs1.Cl. The van der Waals surface area contributed by atoms with E-state index in [2.05, 4.69) is 34.4 Å². The molecule has 0 bridgehead atoms. The number of nitrogens with zero attached hydrogens (tertiary/aromatic N) is 2. The fourth-order valence-electron chi connectivity index (χ4n) is 1.97. The van der Waals surface area contributed by atoms with E-state index >= 15 is 0 Å². The van der Waals surface area contributed by atoms with E-state index in [-0.39, 0.29) is 12.4 Å². The summed E-state index contributed by atoms with van der Waals surface area (Å²) in [6.07, 6.45) is 1.06. The zero-order chi connectivity index (χ0) is 10.7. The Labute approximate surface area is 108 Å². The summed E-state index contributed by atoms with van der Waals surface area (Å²) >= 11 is 1.79. The van der Waals surface area contributed by atoms with Crippen molar-refractivity contribution < 1.29 is 0 Å². The van der Waals surface area contributed by atoms with Crippen LogP contribution in [0.2, 0.25) is 0 Å². The number of nitrogens with one attached hydrogen (secondary N) is 1. The highest BCUT2D eigenvalue weighted by Crippen LogP contribution is 2.13. The maximum absolute atomic E-state index is 4.60. The molecule has 3 nitrogen and oxygen atoms in total. The smallest absolute Gasteiger partial charge is 0.0926 e. The van der Waals surface area contributed by atoms with Crippen LogP contribution in [0.1, 0.15) is 24.5 Å². The second-order valence-electron chi connectivity index (χ2n) is 4.18. The standard InChI is InChI=1S/C11H19N3S.ClH/c1-3-11-13-10(8-15-11)7-14-5-4-12-9(2)6-14;/h8-9,12H,3-7H2,1-2H3;1H/t9-;/m1./s1. The summed E-state index contributed by atoms with van der Waals surface area (Å²) in [6.45, 7) is 8.80. The average Bonchev–Trinajstić information content (AvgIpc) is 2.65. The third kappa shape index (κ3) is 3.70. The van der Waals surface area contributed by atoms with E-state index in [0.29, 0.717) is 6.04 Å². The Balaban J connectivity index is 0.00000128. The van der Waals surface area contributed by atoms with Gasteiger partial charge >= 0.3 is 0 Å². The average molecular weight is 262 g/mol. The number of hydrogen-bond acceptors (Lipinski definition) is 4. The van der Waals surface area contributed by atoms with Crippen molar-refractivity contribution in [3.8, 4) is 0 Å². The summed E-state index contributed by atoms with van der Waals surface area (Å²) in [5.74, 6) is 0. The monoisotopic (exact) mass is 261 g/mol. The van der Waals surface area contributed by atoms with Crippen molar-refractivity contribution in [3.63, 3.8) is 0 Å². The maximum atomic E-state index is 4.60. The molecule has 92 valence electrons. The summed E-state index contributed by atoms with van der Waals surface area (Å²) < 4.78 is 0. The summed E-state index contributed by atoms with van der Waals surface area (Å²) in [7, 11) is 0. The molecule has 0 aliphatic carbocycles. The minimum Gasteiger partial charge on any atom is -0.312 e. The van der Waals surface area contributed by atoms with Gasteiger partial charge in [-0.25, -0.2) is 4.98 Å². The second kappa shape index (κ2) is 6.55. The van der Waals surface area contributed by atoms with E-state index in [1.807, 2.05) is 0 Å². The molecule has 16 heavy (non-hydrogen) atoms. The first-order valence-electron chi connectivity index (χ1n) is 5.67. The molecule has 0 amide bonds. The molecule has 0 unspecified atom stereocenters. The normalized spacial score (nSPS) is 21.8. The number of aryl methyl sites for hydroxylation is 1. The lowest BCUT2D eigenvalue weighted by atomic mass is 10.2. The van der Waals surface area contributed by atoms with Gasteiger partial charge in [-0.2, -0.15) is 0 Å². The highest BCUT2D eigenvalue weighted by Gasteiger charge is 2.16. The van der Waals surface area contributed by atoms with Gasteiger partial charge in [0.25, 0.3) is 0 Å². The molecule has 1 aromatic rings. The highest BCUT2D eigenvalue weighted by atomic mass is 35.5. The van der Waals surface area contributed by atoms with Crippen LogP contribution in [0.4, 0.5) is 0 Å². The Kier molecular flexibility index (Phi) is 5.69. The van der Waals surface area contributed by atoms with E-state index in [9.17, 15) is 0 Å². The molecule has 0 radical (unpaired) electrons. The van der Waals surface area contributed by atoms with Gasteiger partial charge in [0, 0.05) is 37.6 Å². The number of piperazine rings is 1. The number of rotatable bonds is 3. The summed E-state index contributed by atoms with van der Waals surface area (Å²) in [5.41, 5.74) is 1.24. The molecule has 0 saturated carbocycles. The molecule has 1 atom stereocenters. The maximum Gasteiger partial charge on any atom is 0.0926 e. The van der Waals surface area contributed by atoms with Crippen molar-refractivity contribution in [2.45, 2.75) is 32.9 Å². The van der Waals surface area contributed by atoms with Crippen molar-refractivity contribution in [2.24, 2.45) is 0 Å². The van der Waals surface area contributed by atoms with E-state index < -0.39 is 0 Å². The lowest BCUT2D eigenvalue weighted by Crippen LogP contribution is -2.48. The predicted molar refractivity (Wildman–Crippen MR) is 71.5 cm³/mol. The van der Waals surface area contributed by atoms with E-state index in [1.54, 1.807) is 11.3 Å². The van der Waals surface area contributed by atoms with Gasteiger partial charge in [-0.05, 0) is 13.3 Å². The summed E-state index contributed by atoms with van der Waals surface area (Å²) in [5, 5.41) is 6.91. The molecule has 2 heterocycles. The zero-order valence-electron chi connectivity index (χ0n) is 9.90. The van der Waals surface area contributed by atoms with Crippen molar-refractivity contribution in [2.75, 3.05) is 19.6 Å². The lowest BCUT2D eigenvalue weighted by Gasteiger charge is -2.31. The predicted octanol–water partition coefficient (Wildman–Crippen LogP) is 1.92. The Morgan fingerprint density at radius 1 is 1.62 bits per heavy atom. The summed E-state index contributed by atoms with van der Waals surface area (Å²) in [4.78, 5) is 7.09. The number of thiazole rings is 1. The molecule has 0 aromatic carbocycles. The largest absolute Gasteiger partial charge is 0.312 e. The fraction of sp³-hybridized carbons (Fsp3) is 0.727. The van der Waals surface area contributed by atoms with Crippen LogP contribution in [-0.2, 0) is 13.0 Å². The van der Waals surface area contributed by atoms with Crippen molar-refractivity contribution in [3.05, 3.63) is 16.1 Å². The van der Waals surface area contributed by atoms with Gasteiger partial charge in [0.15, 0.2) is 0 Å². The molecular weight excluding hydrogens is 242 g/mol. The van der Waals surface area contributed by atoms with Gasteiger partial charge in [0.1, 0.15) is 0 Å². The molecule has 0 spiro atoms. The molecule has 1 fully saturated rings. The molecule has 1 aliphatic rings. The van der Waals surface area contributed by atoms with Crippen LogP contribution in [0.25, 0.3) is 0 Å². The van der Waals surface area contributed by atoms with Gasteiger partial charge in [-0.3, -0.25) is 4.90 Å². The molecule has 1 saturated heterocycles. The highest BCUT2D eigenvalue weighted by molar-refractivity contribution is 7.09. The third-order valence-electron chi connectivity index (χ3n) is 2.74. The minimum atomic E-state index is 0. The lowest BCUT2D eigenvalue weighted by molar-refractivity contribution is 0.198. The zero-order valence-corrected chi connectivity index (χ0v) is 11.5. The Bertz CT molecular complexity index is 316. The molecule has 1 aliphatic heterocycles. The van der Waals surface area contributed by atoms with Gasteiger partial charge in [0.05, 0.1) is 10.7 Å². The van der Waals surface area contributed by atoms with Crippen molar-refractivity contribution in [1.82, 2.24) is 15.2 Å². The van der Waals surface area contributed by atoms with E-state index in [4.69, 9.17) is 0 Å². The molecular formula is C11H20ClN3S. The van der Waals surface area contributed by atoms with Crippen LogP contribution in [0.5, 0.6) is 0 Å². The van der Waals surface area contributed by atoms with Crippen LogP contribution in [0.3, 0.4) is 0 Å². The van der Waals surface area contributed by atoms with Crippen molar-refractivity contribution >= 4 is 23.7 Å². The fourth-order valence-corrected chi connectivity index (χ4v) is 2.70. The van der Waals surface area contributed by atoms with Crippen molar-refractivity contribution in [1.29, 1.82) is 0 Å². The Morgan fingerprint density at radius 3 is 3.06 bits per heavy atom. The quantitative estimate of drug-likeness (QED) is 0.901. The van der Waals surface area contributed by atoms with Crippen LogP contribution < -0.4 is 5.32 Å². The molecule has 2 rings (SSSR count). The summed E-state index contributed by atoms with van der Waals surface area (Å²) in [6, 6.07) is 0.614. The first-order chi connectivity index (χ1) is 7.28. The van der Waals surface area contributed by atoms with Crippen LogP contribution in [0.15, 0.2) is 5.38 Å². The van der Waals surface area contributed by atoms with E-state index in [0.717, 1.165) is 32.6 Å². The van der Waals surface area contributed by atoms with E-state index in [1.165, 1.54) is 10.7 Å². The number of halogens is 1. The van der Waals surface area contributed by atoms with Gasteiger partial charge < -0.3 is 5.32 Å². The van der Waals surface area contributed by atoms with Crippen LogP contribution >= 0.6 is 23.7 Å². The topological polar surface area (TPSA) is 28.2 Å². The number of hydrogen-bond donors (Lipinski definition) is 1. The van der Waals surface area contributed by atoms with Crippen LogP contribution in [0, 0.1) is 0 Å².